The summed E-state index contributed by atoms with van der Waals surface area (Å²) in [5.74, 6) is -0.372. The zero-order chi connectivity index (χ0) is 21.3. The number of alkyl halides is 1. The number of halogens is 2. The molecule has 30 heavy (non-hydrogen) atoms. The maximum absolute atomic E-state index is 13.7. The van der Waals surface area contributed by atoms with E-state index in [1.54, 1.807) is 12.3 Å². The Hall–Kier alpha value is -2.98. The molecule has 11 heteroatoms. The van der Waals surface area contributed by atoms with E-state index in [4.69, 9.17) is 11.6 Å². The van der Waals surface area contributed by atoms with E-state index in [2.05, 4.69) is 20.4 Å². The molecule has 1 aliphatic rings. The van der Waals surface area contributed by atoms with Crippen LogP contribution in [-0.2, 0) is 0 Å². The Kier molecular flexibility index (Phi) is 5.69. The summed E-state index contributed by atoms with van der Waals surface area (Å²) in [6.45, 7) is 0.650. The van der Waals surface area contributed by atoms with Gasteiger partial charge in [0.2, 0.25) is 0 Å². The van der Waals surface area contributed by atoms with Gasteiger partial charge in [-0.2, -0.15) is 5.10 Å². The normalized spacial score (nSPS) is 17.4. The van der Waals surface area contributed by atoms with Crippen molar-refractivity contribution in [2.45, 2.75) is 25.0 Å². The van der Waals surface area contributed by atoms with Crippen molar-refractivity contribution in [3.05, 3.63) is 58.0 Å². The number of aromatic amines is 1. The summed E-state index contributed by atoms with van der Waals surface area (Å²) in [4.78, 5) is 33.6. The monoisotopic (exact) mass is 434 g/mol. The molecule has 2 atom stereocenters. The fraction of sp³-hybridized carbons (Fsp3) is 0.368. The van der Waals surface area contributed by atoms with Crippen LogP contribution < -0.4 is 15.8 Å². The second-order valence-corrected chi connectivity index (χ2v) is 7.39. The summed E-state index contributed by atoms with van der Waals surface area (Å²) in [7, 11) is 0. The fourth-order valence-corrected chi connectivity index (χ4v) is 3.73. The molecule has 3 N–H and O–H groups in total. The standard InChI is InChI=1S/C19H20ClFN6O3/c20-7-12(28)9-23-19(30)14-10-24-27-5-3-16(25-17(14)27)26-4-1-2-15(26)13-6-11(21)8-22-18(13)29/h3,5-6,8,10,12,15,28H,1-2,4,7,9H2,(H,22,29)(H,23,30)/t12-,15-/m1/s1. The highest BCUT2D eigenvalue weighted by molar-refractivity contribution is 6.18. The van der Waals surface area contributed by atoms with E-state index in [1.807, 2.05) is 4.90 Å². The van der Waals surface area contributed by atoms with Gasteiger partial charge in [-0.25, -0.2) is 13.9 Å². The number of rotatable bonds is 6. The van der Waals surface area contributed by atoms with E-state index in [9.17, 15) is 19.1 Å². The Bertz CT molecular complexity index is 1130. The molecule has 1 fully saturated rings. The third-order valence-electron chi connectivity index (χ3n) is 5.08. The minimum atomic E-state index is -0.851. The van der Waals surface area contributed by atoms with Crippen molar-refractivity contribution in [1.82, 2.24) is 24.9 Å². The van der Waals surface area contributed by atoms with Crippen molar-refractivity contribution in [2.75, 3.05) is 23.9 Å². The lowest BCUT2D eigenvalue weighted by atomic mass is 10.1. The smallest absolute Gasteiger partial charge is 0.256 e. The number of pyridine rings is 1. The summed E-state index contributed by atoms with van der Waals surface area (Å²) in [5.41, 5.74) is 0.592. The lowest BCUT2D eigenvalue weighted by Crippen LogP contribution is -2.33. The molecule has 0 aliphatic carbocycles. The van der Waals surface area contributed by atoms with Crippen LogP contribution in [0.3, 0.4) is 0 Å². The molecular weight excluding hydrogens is 415 g/mol. The predicted molar refractivity (Wildman–Crippen MR) is 108 cm³/mol. The number of aliphatic hydroxyl groups is 1. The van der Waals surface area contributed by atoms with Crippen molar-refractivity contribution >= 4 is 29.0 Å². The van der Waals surface area contributed by atoms with Gasteiger partial charge in [-0.15, -0.1) is 11.6 Å². The van der Waals surface area contributed by atoms with Gasteiger partial charge >= 0.3 is 0 Å². The van der Waals surface area contributed by atoms with Gasteiger partial charge in [-0.1, -0.05) is 0 Å². The maximum Gasteiger partial charge on any atom is 0.256 e. The third-order valence-corrected chi connectivity index (χ3v) is 5.43. The molecule has 158 valence electrons. The van der Waals surface area contributed by atoms with E-state index in [0.717, 1.165) is 12.6 Å². The van der Waals surface area contributed by atoms with Crippen LogP contribution in [0, 0.1) is 5.82 Å². The Balaban J connectivity index is 1.65. The summed E-state index contributed by atoms with van der Waals surface area (Å²) < 4.78 is 15.2. The van der Waals surface area contributed by atoms with Gasteiger partial charge in [-0.05, 0) is 25.0 Å². The minimum absolute atomic E-state index is 0.00694. The molecule has 0 radical (unpaired) electrons. The SMILES string of the molecule is O=C(NC[C@H](O)CCl)c1cnn2ccc(N3CCC[C@@H]3c3cc(F)c[nH]c3=O)nc12. The molecule has 9 nitrogen and oxygen atoms in total. The highest BCUT2D eigenvalue weighted by Gasteiger charge is 2.30. The van der Waals surface area contributed by atoms with Crippen LogP contribution in [-0.4, -0.2) is 55.7 Å². The van der Waals surface area contributed by atoms with Crippen LogP contribution in [0.15, 0.2) is 35.5 Å². The van der Waals surface area contributed by atoms with Crippen LogP contribution in [0.25, 0.3) is 5.65 Å². The molecule has 4 rings (SSSR count). The van der Waals surface area contributed by atoms with Crippen molar-refractivity contribution in [1.29, 1.82) is 0 Å². The van der Waals surface area contributed by atoms with Crippen LogP contribution >= 0.6 is 11.6 Å². The average Bonchev–Trinajstić information content (AvgIpc) is 3.40. The molecule has 3 aromatic rings. The number of nitrogens with one attached hydrogen (secondary N) is 2. The molecule has 3 aromatic heterocycles. The summed E-state index contributed by atoms with van der Waals surface area (Å²) in [6, 6.07) is 2.67. The summed E-state index contributed by atoms with van der Waals surface area (Å²) in [5, 5.41) is 16.3. The van der Waals surface area contributed by atoms with E-state index in [0.29, 0.717) is 30.0 Å². The van der Waals surface area contributed by atoms with Crippen LogP contribution in [0.4, 0.5) is 10.2 Å². The van der Waals surface area contributed by atoms with Crippen LogP contribution in [0.5, 0.6) is 0 Å². The number of anilines is 1. The molecule has 0 aromatic carbocycles. The van der Waals surface area contributed by atoms with Crippen LogP contribution in [0.2, 0.25) is 0 Å². The number of aliphatic hydroxyl groups excluding tert-OH is 1. The van der Waals surface area contributed by atoms with E-state index in [-0.39, 0.29) is 29.6 Å². The highest BCUT2D eigenvalue weighted by Crippen LogP contribution is 2.34. The van der Waals surface area contributed by atoms with Crippen molar-refractivity contribution in [3.63, 3.8) is 0 Å². The molecule has 1 amide bonds. The molecule has 1 saturated heterocycles. The van der Waals surface area contributed by atoms with Gasteiger partial charge in [-0.3, -0.25) is 9.59 Å². The highest BCUT2D eigenvalue weighted by atomic mass is 35.5. The summed E-state index contributed by atoms with van der Waals surface area (Å²) in [6.07, 6.45) is 4.75. The lowest BCUT2D eigenvalue weighted by molar-refractivity contribution is 0.0927. The van der Waals surface area contributed by atoms with Gasteiger partial charge in [0, 0.05) is 31.0 Å². The van der Waals surface area contributed by atoms with Crippen molar-refractivity contribution in [3.8, 4) is 0 Å². The molecule has 0 unspecified atom stereocenters. The zero-order valence-electron chi connectivity index (χ0n) is 15.9. The summed E-state index contributed by atoms with van der Waals surface area (Å²) >= 11 is 5.55. The van der Waals surface area contributed by atoms with Crippen LogP contribution in [0.1, 0.15) is 34.8 Å². The quantitative estimate of drug-likeness (QED) is 0.502. The molecule has 0 saturated carbocycles. The number of hydrogen-bond acceptors (Lipinski definition) is 6. The first-order valence-corrected chi connectivity index (χ1v) is 10.0. The second kappa shape index (κ2) is 8.41. The van der Waals surface area contributed by atoms with Gasteiger partial charge in [0.25, 0.3) is 11.5 Å². The Morgan fingerprint density at radius 2 is 2.33 bits per heavy atom. The second-order valence-electron chi connectivity index (χ2n) is 7.08. The van der Waals surface area contributed by atoms with Gasteiger partial charge < -0.3 is 20.3 Å². The first kappa shape index (κ1) is 20.3. The van der Waals surface area contributed by atoms with E-state index < -0.39 is 17.8 Å². The first-order chi connectivity index (χ1) is 14.5. The fourth-order valence-electron chi connectivity index (χ4n) is 3.63. The Morgan fingerprint density at radius 1 is 1.50 bits per heavy atom. The first-order valence-electron chi connectivity index (χ1n) is 9.49. The number of aromatic nitrogens is 4. The van der Waals surface area contributed by atoms with E-state index in [1.165, 1.54) is 16.8 Å². The molecule has 1 aliphatic heterocycles. The third kappa shape index (κ3) is 3.88. The topological polar surface area (TPSA) is 116 Å². The predicted octanol–water partition coefficient (Wildman–Crippen LogP) is 1.23. The number of H-pyrrole nitrogens is 1. The van der Waals surface area contributed by atoms with Gasteiger partial charge in [0.05, 0.1) is 24.2 Å². The van der Waals surface area contributed by atoms with Gasteiger partial charge in [0.1, 0.15) is 17.2 Å². The number of amides is 1. The molecule has 0 spiro atoms. The Labute approximate surface area is 175 Å². The minimum Gasteiger partial charge on any atom is -0.390 e. The zero-order valence-corrected chi connectivity index (χ0v) is 16.6. The average molecular weight is 435 g/mol. The number of nitrogens with zero attached hydrogens (tertiary/aromatic N) is 4. The molecule has 0 bridgehead atoms. The van der Waals surface area contributed by atoms with Crippen molar-refractivity contribution in [2.24, 2.45) is 0 Å². The number of hydrogen-bond donors (Lipinski definition) is 3. The van der Waals surface area contributed by atoms with Crippen molar-refractivity contribution < 1.29 is 14.3 Å². The number of carbonyl (C=O) groups excluding carboxylic acids is 1. The maximum atomic E-state index is 13.7. The lowest BCUT2D eigenvalue weighted by Gasteiger charge is -2.25. The number of carbonyl (C=O) groups is 1. The molecule has 4 heterocycles. The van der Waals surface area contributed by atoms with E-state index >= 15 is 0 Å². The van der Waals surface area contributed by atoms with Gasteiger partial charge in [0.15, 0.2) is 5.65 Å². The number of fused-ring (bicyclic) bond motifs is 1. The Morgan fingerprint density at radius 3 is 3.13 bits per heavy atom. The molecular formula is C19H20ClFN6O3. The largest absolute Gasteiger partial charge is 0.390 e.